The number of aliphatic imine (C=N–C) groups is 1. The molecule has 0 atom stereocenters. The number of aryl methyl sites for hydroxylation is 3. The van der Waals surface area contributed by atoms with Crippen molar-refractivity contribution >= 4 is 41.3 Å². The van der Waals surface area contributed by atoms with Crippen LogP contribution in [0.1, 0.15) is 33.6 Å². The molecule has 0 bridgehead atoms. The predicted octanol–water partition coefficient (Wildman–Crippen LogP) is 3.85. The van der Waals surface area contributed by atoms with Crippen LogP contribution in [0.5, 0.6) is 0 Å². The van der Waals surface area contributed by atoms with Crippen LogP contribution in [0.15, 0.2) is 29.3 Å². The summed E-state index contributed by atoms with van der Waals surface area (Å²) in [6.07, 6.45) is 2.07. The van der Waals surface area contributed by atoms with Crippen LogP contribution in [0.25, 0.3) is 0 Å². The second kappa shape index (κ2) is 10.7. The van der Waals surface area contributed by atoms with Crippen molar-refractivity contribution in [2.75, 3.05) is 13.6 Å². The summed E-state index contributed by atoms with van der Waals surface area (Å²) in [6, 6.07) is 8.82. The molecule has 2 N–H and O–H groups in total. The fourth-order valence-corrected chi connectivity index (χ4v) is 3.14. The number of nitrogens with zero attached hydrogens (tertiary/aromatic N) is 2. The molecule has 0 aliphatic rings. The lowest BCUT2D eigenvalue weighted by atomic mass is 10.1. The number of thiazole rings is 1. The molecule has 4 nitrogen and oxygen atoms in total. The normalized spacial score (nSPS) is 11.1. The van der Waals surface area contributed by atoms with Gasteiger partial charge in [0.15, 0.2) is 5.96 Å². The number of halogens is 1. The average Bonchev–Trinajstić information content (AvgIpc) is 2.89. The van der Waals surface area contributed by atoms with Gasteiger partial charge in [-0.2, -0.15) is 0 Å². The van der Waals surface area contributed by atoms with Crippen LogP contribution in [0.2, 0.25) is 0 Å². The number of guanidine groups is 1. The van der Waals surface area contributed by atoms with E-state index in [0.29, 0.717) is 6.54 Å². The lowest BCUT2D eigenvalue weighted by Gasteiger charge is -2.11. The van der Waals surface area contributed by atoms with E-state index in [4.69, 9.17) is 0 Å². The third-order valence-electron chi connectivity index (χ3n) is 3.84. The molecule has 1 aromatic heterocycles. The molecule has 0 unspecified atom stereocenters. The quantitative estimate of drug-likeness (QED) is 0.393. The van der Waals surface area contributed by atoms with Crippen molar-refractivity contribution in [2.24, 2.45) is 4.99 Å². The summed E-state index contributed by atoms with van der Waals surface area (Å²) in [6.45, 7) is 7.91. The third kappa shape index (κ3) is 6.39. The first-order valence-corrected chi connectivity index (χ1v) is 8.89. The Balaban J connectivity index is 0.00000288. The zero-order valence-electron chi connectivity index (χ0n) is 14.8. The Kier molecular flexibility index (Phi) is 9.28. The molecular weight excluding hydrogens is 431 g/mol. The smallest absolute Gasteiger partial charge is 0.191 e. The van der Waals surface area contributed by atoms with E-state index in [2.05, 4.69) is 58.7 Å². The highest BCUT2D eigenvalue weighted by Crippen LogP contribution is 2.15. The molecule has 0 spiro atoms. The van der Waals surface area contributed by atoms with Gasteiger partial charge in [-0.3, -0.25) is 4.99 Å². The zero-order chi connectivity index (χ0) is 16.7. The summed E-state index contributed by atoms with van der Waals surface area (Å²) in [5.41, 5.74) is 3.84. The van der Waals surface area contributed by atoms with Crippen LogP contribution in [0, 0.1) is 13.8 Å². The molecule has 132 valence electrons. The van der Waals surface area contributed by atoms with E-state index < -0.39 is 0 Å². The van der Waals surface area contributed by atoms with Crippen molar-refractivity contribution in [1.82, 2.24) is 15.6 Å². The summed E-state index contributed by atoms with van der Waals surface area (Å²) in [7, 11) is 1.80. The minimum absolute atomic E-state index is 0. The highest BCUT2D eigenvalue weighted by Gasteiger charge is 2.04. The summed E-state index contributed by atoms with van der Waals surface area (Å²) >= 11 is 1.73. The number of nitrogens with one attached hydrogen (secondary N) is 2. The minimum atomic E-state index is 0. The highest BCUT2D eigenvalue weighted by molar-refractivity contribution is 14.0. The van der Waals surface area contributed by atoms with Crippen molar-refractivity contribution in [1.29, 1.82) is 0 Å². The van der Waals surface area contributed by atoms with Crippen molar-refractivity contribution in [3.63, 3.8) is 0 Å². The zero-order valence-corrected chi connectivity index (χ0v) is 18.0. The van der Waals surface area contributed by atoms with E-state index in [1.807, 2.05) is 6.92 Å². The van der Waals surface area contributed by atoms with Gasteiger partial charge in [0.25, 0.3) is 0 Å². The van der Waals surface area contributed by atoms with Gasteiger partial charge < -0.3 is 10.6 Å². The standard InChI is InChI=1S/C18H26N4S.HI/c1-5-15-6-8-16(9-7-15)10-11-20-18(19-4)21-12-17-22-13(2)14(3)23-17;/h6-9H,5,10-12H2,1-4H3,(H2,19,20,21);1H. The first-order valence-electron chi connectivity index (χ1n) is 8.07. The molecule has 0 saturated carbocycles. The van der Waals surface area contributed by atoms with Crippen molar-refractivity contribution in [3.05, 3.63) is 51.0 Å². The Morgan fingerprint density at radius 1 is 1.12 bits per heavy atom. The highest BCUT2D eigenvalue weighted by atomic mass is 127. The van der Waals surface area contributed by atoms with Crippen molar-refractivity contribution in [3.8, 4) is 0 Å². The number of benzene rings is 1. The van der Waals surface area contributed by atoms with E-state index in [1.165, 1.54) is 16.0 Å². The predicted molar refractivity (Wildman–Crippen MR) is 115 cm³/mol. The lowest BCUT2D eigenvalue weighted by molar-refractivity contribution is 0.790. The van der Waals surface area contributed by atoms with E-state index in [-0.39, 0.29) is 24.0 Å². The number of rotatable bonds is 6. The number of hydrogen-bond donors (Lipinski definition) is 2. The number of aromatic nitrogens is 1. The van der Waals surface area contributed by atoms with E-state index in [0.717, 1.165) is 36.0 Å². The number of hydrogen-bond acceptors (Lipinski definition) is 3. The molecule has 1 aromatic carbocycles. The molecule has 2 rings (SSSR count). The maximum atomic E-state index is 4.53. The van der Waals surface area contributed by atoms with Crippen LogP contribution in [-0.2, 0) is 19.4 Å². The molecule has 24 heavy (non-hydrogen) atoms. The van der Waals surface area contributed by atoms with Gasteiger partial charge in [-0.15, -0.1) is 35.3 Å². The minimum Gasteiger partial charge on any atom is -0.356 e. The molecule has 0 aliphatic heterocycles. The van der Waals surface area contributed by atoms with Gasteiger partial charge in [-0.1, -0.05) is 31.2 Å². The molecule has 0 aliphatic carbocycles. The van der Waals surface area contributed by atoms with Crippen LogP contribution >= 0.6 is 35.3 Å². The lowest BCUT2D eigenvalue weighted by Crippen LogP contribution is -2.37. The first-order chi connectivity index (χ1) is 11.1. The first kappa shape index (κ1) is 20.9. The molecule has 2 aromatic rings. The Hall–Kier alpha value is -1.15. The topological polar surface area (TPSA) is 49.3 Å². The van der Waals surface area contributed by atoms with Crippen LogP contribution in [0.3, 0.4) is 0 Å². The van der Waals surface area contributed by atoms with Gasteiger partial charge in [0, 0.05) is 18.5 Å². The fraction of sp³-hybridized carbons (Fsp3) is 0.444. The van der Waals surface area contributed by atoms with Gasteiger partial charge in [0.05, 0.1) is 12.2 Å². The van der Waals surface area contributed by atoms with Crippen LogP contribution in [0.4, 0.5) is 0 Å². The Bertz CT molecular complexity index is 630. The second-order valence-corrected chi connectivity index (χ2v) is 6.81. The Morgan fingerprint density at radius 2 is 1.79 bits per heavy atom. The molecule has 6 heteroatoms. The van der Waals surface area contributed by atoms with Crippen LogP contribution < -0.4 is 10.6 Å². The Morgan fingerprint density at radius 3 is 2.33 bits per heavy atom. The van der Waals surface area contributed by atoms with Crippen molar-refractivity contribution < 1.29 is 0 Å². The van der Waals surface area contributed by atoms with Crippen LogP contribution in [-0.4, -0.2) is 24.5 Å². The summed E-state index contributed by atoms with van der Waals surface area (Å²) in [4.78, 5) is 10.1. The van der Waals surface area contributed by atoms with Gasteiger partial charge in [-0.25, -0.2) is 4.98 Å². The molecular formula is C18H27IN4S. The average molecular weight is 458 g/mol. The monoisotopic (exact) mass is 458 g/mol. The molecule has 0 saturated heterocycles. The summed E-state index contributed by atoms with van der Waals surface area (Å²) < 4.78 is 0. The SMILES string of the molecule is CCc1ccc(CCNC(=NC)NCc2nc(C)c(C)s2)cc1.I. The summed E-state index contributed by atoms with van der Waals surface area (Å²) in [5.74, 6) is 0.820. The fourth-order valence-electron chi connectivity index (χ4n) is 2.26. The molecule has 0 fully saturated rings. The van der Waals surface area contributed by atoms with E-state index in [1.54, 1.807) is 18.4 Å². The second-order valence-electron chi connectivity index (χ2n) is 5.52. The molecule has 1 heterocycles. The molecule has 0 amide bonds. The molecule has 0 radical (unpaired) electrons. The maximum Gasteiger partial charge on any atom is 0.191 e. The Labute approximate surface area is 166 Å². The maximum absolute atomic E-state index is 4.53. The third-order valence-corrected chi connectivity index (χ3v) is 4.91. The van der Waals surface area contributed by atoms with Gasteiger partial charge in [-0.05, 0) is 37.8 Å². The van der Waals surface area contributed by atoms with Gasteiger partial charge in [0.2, 0.25) is 0 Å². The van der Waals surface area contributed by atoms with E-state index >= 15 is 0 Å². The largest absolute Gasteiger partial charge is 0.356 e. The van der Waals surface area contributed by atoms with Crippen molar-refractivity contribution in [2.45, 2.75) is 40.2 Å². The summed E-state index contributed by atoms with van der Waals surface area (Å²) in [5, 5.41) is 7.77. The van der Waals surface area contributed by atoms with Gasteiger partial charge in [0.1, 0.15) is 5.01 Å². The van der Waals surface area contributed by atoms with Gasteiger partial charge >= 0.3 is 0 Å². The van der Waals surface area contributed by atoms with E-state index in [9.17, 15) is 0 Å².